The Hall–Kier alpha value is -1.07. The minimum absolute atomic E-state index is 0. The second-order valence-electron chi connectivity index (χ2n) is 4.20. The normalized spacial score (nSPS) is 18.8. The zero-order chi connectivity index (χ0) is 11.4. The molecule has 1 aliphatic rings. The molecule has 1 saturated heterocycles. The molecule has 1 unspecified atom stereocenters. The maximum atomic E-state index is 11.6. The van der Waals surface area contributed by atoms with Gasteiger partial charge in [-0.3, -0.25) is 4.79 Å². The van der Waals surface area contributed by atoms with E-state index >= 15 is 0 Å². The highest BCUT2D eigenvalue weighted by molar-refractivity contribution is 5.85. The summed E-state index contributed by atoms with van der Waals surface area (Å²) in [7, 11) is 0. The van der Waals surface area contributed by atoms with Gasteiger partial charge in [0.05, 0.1) is 12.1 Å². The molecule has 17 heavy (non-hydrogen) atoms. The molecule has 0 spiro atoms. The summed E-state index contributed by atoms with van der Waals surface area (Å²) in [6.07, 6.45) is 2.64. The van der Waals surface area contributed by atoms with Gasteiger partial charge < -0.3 is 15.2 Å². The van der Waals surface area contributed by atoms with Crippen LogP contribution in [0.3, 0.4) is 0 Å². The van der Waals surface area contributed by atoms with Gasteiger partial charge in [-0.25, -0.2) is 0 Å². The highest BCUT2D eigenvalue weighted by Crippen LogP contribution is 2.04. The molecular weight excluding hydrogens is 242 g/mol. The van der Waals surface area contributed by atoms with E-state index < -0.39 is 0 Å². The molecule has 0 radical (unpaired) electrons. The zero-order valence-electron chi connectivity index (χ0n) is 9.86. The number of nitrogens with zero attached hydrogens (tertiary/aromatic N) is 1. The Kier molecular flexibility index (Phi) is 5.44. The summed E-state index contributed by atoms with van der Waals surface area (Å²) in [4.78, 5) is 11.6. The van der Waals surface area contributed by atoms with Crippen molar-refractivity contribution in [2.45, 2.75) is 32.2 Å². The van der Waals surface area contributed by atoms with Crippen LogP contribution in [-0.2, 0) is 11.2 Å². The van der Waals surface area contributed by atoms with Gasteiger partial charge in [0, 0.05) is 18.7 Å². The average molecular weight is 260 g/mol. The number of amides is 1. The van der Waals surface area contributed by atoms with Crippen molar-refractivity contribution >= 4 is 18.3 Å². The summed E-state index contributed by atoms with van der Waals surface area (Å²) in [5.41, 5.74) is 0.689. The molecule has 96 valence electrons. The lowest BCUT2D eigenvalue weighted by Crippen LogP contribution is -2.37. The van der Waals surface area contributed by atoms with E-state index in [1.165, 1.54) is 6.42 Å². The molecule has 2 N–H and O–H groups in total. The number of hydrogen-bond acceptors (Lipinski definition) is 4. The SMILES string of the molecule is Cc1cc(CC(=O)NCC2CCCN2)no1.Cl. The topological polar surface area (TPSA) is 67.2 Å². The number of halogens is 1. The van der Waals surface area contributed by atoms with Crippen LogP contribution >= 0.6 is 12.4 Å². The summed E-state index contributed by atoms with van der Waals surface area (Å²) in [5, 5.41) is 10.0. The first-order chi connectivity index (χ1) is 7.74. The number of hydrogen-bond donors (Lipinski definition) is 2. The quantitative estimate of drug-likeness (QED) is 0.840. The van der Waals surface area contributed by atoms with Crippen molar-refractivity contribution in [3.8, 4) is 0 Å². The lowest BCUT2D eigenvalue weighted by Gasteiger charge is -2.10. The van der Waals surface area contributed by atoms with E-state index in [4.69, 9.17) is 4.52 Å². The van der Waals surface area contributed by atoms with Crippen molar-refractivity contribution in [3.05, 3.63) is 17.5 Å². The third-order valence-corrected chi connectivity index (χ3v) is 2.73. The van der Waals surface area contributed by atoms with Crippen LogP contribution in [0, 0.1) is 6.92 Å². The van der Waals surface area contributed by atoms with E-state index in [-0.39, 0.29) is 18.3 Å². The first kappa shape index (κ1) is 14.0. The van der Waals surface area contributed by atoms with E-state index in [1.54, 1.807) is 6.07 Å². The van der Waals surface area contributed by atoms with Crippen LogP contribution in [0.1, 0.15) is 24.3 Å². The van der Waals surface area contributed by atoms with Crippen LogP contribution < -0.4 is 10.6 Å². The van der Waals surface area contributed by atoms with E-state index in [9.17, 15) is 4.79 Å². The molecule has 0 bridgehead atoms. The molecule has 2 heterocycles. The van der Waals surface area contributed by atoms with Gasteiger partial charge in [-0.15, -0.1) is 12.4 Å². The molecule has 0 aromatic carbocycles. The van der Waals surface area contributed by atoms with Crippen LogP contribution in [-0.4, -0.2) is 30.2 Å². The Labute approximate surface area is 107 Å². The number of carbonyl (C=O) groups excluding carboxylic acids is 1. The van der Waals surface area contributed by atoms with Gasteiger partial charge in [-0.2, -0.15) is 0 Å². The number of aryl methyl sites for hydroxylation is 1. The summed E-state index contributed by atoms with van der Waals surface area (Å²) in [5.74, 6) is 0.738. The highest BCUT2D eigenvalue weighted by atomic mass is 35.5. The molecule has 1 amide bonds. The van der Waals surface area contributed by atoms with Crippen molar-refractivity contribution in [3.63, 3.8) is 0 Å². The zero-order valence-corrected chi connectivity index (χ0v) is 10.7. The number of rotatable bonds is 4. The van der Waals surface area contributed by atoms with Gasteiger partial charge in [-0.1, -0.05) is 5.16 Å². The number of aromatic nitrogens is 1. The van der Waals surface area contributed by atoms with E-state index in [2.05, 4.69) is 15.8 Å². The maximum absolute atomic E-state index is 11.6. The first-order valence-electron chi connectivity index (χ1n) is 5.66. The van der Waals surface area contributed by atoms with Gasteiger partial charge in [0.25, 0.3) is 0 Å². The fourth-order valence-corrected chi connectivity index (χ4v) is 1.90. The Morgan fingerprint density at radius 1 is 1.71 bits per heavy atom. The summed E-state index contributed by atoms with van der Waals surface area (Å²) in [6, 6.07) is 2.22. The van der Waals surface area contributed by atoms with Crippen LogP contribution in [0.4, 0.5) is 0 Å². The molecule has 5 nitrogen and oxygen atoms in total. The minimum Gasteiger partial charge on any atom is -0.361 e. The maximum Gasteiger partial charge on any atom is 0.226 e. The van der Waals surface area contributed by atoms with E-state index in [0.717, 1.165) is 18.7 Å². The Morgan fingerprint density at radius 3 is 3.12 bits per heavy atom. The Morgan fingerprint density at radius 2 is 2.53 bits per heavy atom. The Balaban J connectivity index is 0.00000144. The van der Waals surface area contributed by atoms with Crippen molar-refractivity contribution in [2.75, 3.05) is 13.1 Å². The minimum atomic E-state index is 0. The highest BCUT2D eigenvalue weighted by Gasteiger charge is 2.15. The van der Waals surface area contributed by atoms with E-state index in [0.29, 0.717) is 24.7 Å². The predicted molar refractivity (Wildman–Crippen MR) is 66.2 cm³/mol. The van der Waals surface area contributed by atoms with Crippen molar-refractivity contribution in [1.82, 2.24) is 15.8 Å². The standard InChI is InChI=1S/C11H17N3O2.ClH/c1-8-5-10(14-16-8)6-11(15)13-7-9-3-2-4-12-9;/h5,9,12H,2-4,6-7H2,1H3,(H,13,15);1H. The molecular formula is C11H18ClN3O2. The Bertz CT molecular complexity index is 361. The van der Waals surface area contributed by atoms with Crippen molar-refractivity contribution in [2.24, 2.45) is 0 Å². The fraction of sp³-hybridized carbons (Fsp3) is 0.636. The first-order valence-corrected chi connectivity index (χ1v) is 5.66. The molecule has 1 fully saturated rings. The van der Waals surface area contributed by atoms with Gasteiger partial charge in [0.1, 0.15) is 5.76 Å². The lowest BCUT2D eigenvalue weighted by atomic mass is 10.2. The largest absolute Gasteiger partial charge is 0.361 e. The van der Waals surface area contributed by atoms with Gasteiger partial charge >= 0.3 is 0 Å². The monoisotopic (exact) mass is 259 g/mol. The predicted octanol–water partition coefficient (Wildman–Crippen LogP) is 0.816. The molecule has 6 heteroatoms. The van der Waals surface area contributed by atoms with Crippen LogP contribution in [0.25, 0.3) is 0 Å². The average Bonchev–Trinajstić information content (AvgIpc) is 2.87. The number of carbonyl (C=O) groups is 1. The van der Waals surface area contributed by atoms with Crippen molar-refractivity contribution in [1.29, 1.82) is 0 Å². The second-order valence-corrected chi connectivity index (χ2v) is 4.20. The van der Waals surface area contributed by atoms with Gasteiger partial charge in [-0.05, 0) is 26.3 Å². The van der Waals surface area contributed by atoms with Crippen LogP contribution in [0.2, 0.25) is 0 Å². The molecule has 2 rings (SSSR count). The molecule has 1 aromatic rings. The van der Waals surface area contributed by atoms with Crippen LogP contribution in [0.5, 0.6) is 0 Å². The molecule has 1 aromatic heterocycles. The molecule has 0 saturated carbocycles. The summed E-state index contributed by atoms with van der Waals surface area (Å²) < 4.78 is 4.90. The second kappa shape index (κ2) is 6.61. The van der Waals surface area contributed by atoms with E-state index in [1.807, 2.05) is 6.92 Å². The smallest absolute Gasteiger partial charge is 0.226 e. The third-order valence-electron chi connectivity index (χ3n) is 2.73. The molecule has 0 aliphatic carbocycles. The third kappa shape index (κ3) is 4.36. The number of nitrogens with one attached hydrogen (secondary N) is 2. The molecule has 1 atom stereocenters. The van der Waals surface area contributed by atoms with Crippen LogP contribution in [0.15, 0.2) is 10.6 Å². The summed E-state index contributed by atoms with van der Waals surface area (Å²) in [6.45, 7) is 3.58. The van der Waals surface area contributed by atoms with Crippen molar-refractivity contribution < 1.29 is 9.32 Å². The van der Waals surface area contributed by atoms with Gasteiger partial charge in [0.15, 0.2) is 0 Å². The molecule has 1 aliphatic heterocycles. The summed E-state index contributed by atoms with van der Waals surface area (Å²) >= 11 is 0. The fourth-order valence-electron chi connectivity index (χ4n) is 1.90. The van der Waals surface area contributed by atoms with Gasteiger partial charge in [0.2, 0.25) is 5.91 Å². The lowest BCUT2D eigenvalue weighted by molar-refractivity contribution is -0.120.